The molecule has 0 saturated carbocycles. The summed E-state index contributed by atoms with van der Waals surface area (Å²) in [6.45, 7) is 3.31. The maximum atomic E-state index is 12.3. The maximum Gasteiger partial charge on any atom is 0.251 e. The zero-order chi connectivity index (χ0) is 12.7. The molecule has 0 bridgehead atoms. The molecular weight excluding hydrogens is 222 g/mol. The molecule has 0 heterocycles. The number of rotatable bonds is 7. The topological polar surface area (TPSA) is 29.3 Å². The summed E-state index contributed by atoms with van der Waals surface area (Å²) in [5.74, 6) is 0. The molecule has 1 rings (SSSR count). The molecule has 2 nitrogen and oxygen atoms in total. The highest BCUT2D eigenvalue weighted by molar-refractivity contribution is 5.22. The smallest absolute Gasteiger partial charge is 0.251 e. The molecular formula is C13H20F2N2. The Bertz CT molecular complexity index is 312. The van der Waals surface area contributed by atoms with Crippen LogP contribution in [0.2, 0.25) is 0 Å². The van der Waals surface area contributed by atoms with Crippen LogP contribution in [-0.2, 0) is 13.0 Å². The van der Waals surface area contributed by atoms with E-state index in [4.69, 9.17) is 5.73 Å². The van der Waals surface area contributed by atoms with Gasteiger partial charge in [-0.2, -0.15) is 0 Å². The number of halogens is 2. The van der Waals surface area contributed by atoms with Crippen LogP contribution in [-0.4, -0.2) is 31.0 Å². The fourth-order valence-corrected chi connectivity index (χ4v) is 1.75. The molecule has 17 heavy (non-hydrogen) atoms. The molecule has 0 unspecified atom stereocenters. The molecule has 0 radical (unpaired) electrons. The molecule has 1 aromatic carbocycles. The van der Waals surface area contributed by atoms with E-state index in [9.17, 15) is 8.78 Å². The summed E-state index contributed by atoms with van der Waals surface area (Å²) in [5, 5.41) is 0. The summed E-state index contributed by atoms with van der Waals surface area (Å²) in [4.78, 5) is 1.69. The van der Waals surface area contributed by atoms with Crippen LogP contribution >= 0.6 is 0 Å². The van der Waals surface area contributed by atoms with E-state index < -0.39 is 6.43 Å². The molecule has 0 aliphatic carbocycles. The molecule has 0 aliphatic rings. The Labute approximate surface area is 101 Å². The minimum absolute atomic E-state index is 0.216. The first-order chi connectivity index (χ1) is 8.15. The second kappa shape index (κ2) is 7.35. The standard InChI is InChI=1S/C13H20F2N2/c1-2-11-3-5-12(6-4-11)9-17(8-7-16)10-13(14)15/h3-6,13H,2,7-10,16H2,1H3. The summed E-state index contributed by atoms with van der Waals surface area (Å²) >= 11 is 0. The van der Waals surface area contributed by atoms with E-state index >= 15 is 0 Å². The molecule has 0 amide bonds. The summed E-state index contributed by atoms with van der Waals surface area (Å²) in [6, 6.07) is 8.07. The largest absolute Gasteiger partial charge is 0.329 e. The SMILES string of the molecule is CCc1ccc(CN(CCN)CC(F)F)cc1. The quantitative estimate of drug-likeness (QED) is 0.794. The minimum atomic E-state index is -2.31. The molecule has 4 heteroatoms. The van der Waals surface area contributed by atoms with Crippen LogP contribution in [0.4, 0.5) is 8.78 Å². The Balaban J connectivity index is 2.58. The van der Waals surface area contributed by atoms with Crippen LogP contribution in [0.25, 0.3) is 0 Å². The van der Waals surface area contributed by atoms with Gasteiger partial charge in [-0.25, -0.2) is 8.78 Å². The first kappa shape index (κ1) is 14.1. The van der Waals surface area contributed by atoms with Crippen LogP contribution in [0.1, 0.15) is 18.1 Å². The zero-order valence-electron chi connectivity index (χ0n) is 10.2. The van der Waals surface area contributed by atoms with Crippen molar-refractivity contribution < 1.29 is 8.78 Å². The molecule has 1 aromatic rings. The zero-order valence-corrected chi connectivity index (χ0v) is 10.2. The van der Waals surface area contributed by atoms with E-state index in [2.05, 4.69) is 6.92 Å². The van der Waals surface area contributed by atoms with Crippen LogP contribution in [0.15, 0.2) is 24.3 Å². The fraction of sp³-hybridized carbons (Fsp3) is 0.538. The van der Waals surface area contributed by atoms with Gasteiger partial charge in [-0.15, -0.1) is 0 Å². The Morgan fingerprint density at radius 1 is 1.18 bits per heavy atom. The summed E-state index contributed by atoms with van der Waals surface area (Å²) in [5.41, 5.74) is 7.73. The Morgan fingerprint density at radius 2 is 1.76 bits per heavy atom. The third-order valence-electron chi connectivity index (χ3n) is 2.68. The number of nitrogens with two attached hydrogens (primary N) is 1. The number of nitrogens with zero attached hydrogens (tertiary/aromatic N) is 1. The van der Waals surface area contributed by atoms with E-state index in [1.807, 2.05) is 24.3 Å². The van der Waals surface area contributed by atoms with Gasteiger partial charge in [-0.3, -0.25) is 4.90 Å². The van der Waals surface area contributed by atoms with E-state index in [0.717, 1.165) is 12.0 Å². The number of hydrogen-bond acceptors (Lipinski definition) is 2. The second-order valence-corrected chi connectivity index (χ2v) is 4.08. The third-order valence-corrected chi connectivity index (χ3v) is 2.68. The van der Waals surface area contributed by atoms with Gasteiger partial charge in [0.1, 0.15) is 0 Å². The van der Waals surface area contributed by atoms with E-state index in [-0.39, 0.29) is 6.54 Å². The van der Waals surface area contributed by atoms with E-state index in [0.29, 0.717) is 19.6 Å². The number of aryl methyl sites for hydroxylation is 1. The van der Waals surface area contributed by atoms with Crippen LogP contribution in [0.5, 0.6) is 0 Å². The molecule has 0 saturated heterocycles. The van der Waals surface area contributed by atoms with Crippen LogP contribution in [0.3, 0.4) is 0 Å². The lowest BCUT2D eigenvalue weighted by molar-refractivity contribution is 0.0862. The molecule has 0 aromatic heterocycles. The van der Waals surface area contributed by atoms with Gasteiger partial charge >= 0.3 is 0 Å². The lowest BCUT2D eigenvalue weighted by atomic mass is 10.1. The van der Waals surface area contributed by atoms with Crippen molar-refractivity contribution in [3.05, 3.63) is 35.4 Å². The van der Waals surface area contributed by atoms with Crippen LogP contribution < -0.4 is 5.73 Å². The van der Waals surface area contributed by atoms with Crippen molar-refractivity contribution in [1.82, 2.24) is 4.90 Å². The van der Waals surface area contributed by atoms with Crippen molar-refractivity contribution in [2.75, 3.05) is 19.6 Å². The first-order valence-corrected chi connectivity index (χ1v) is 5.94. The van der Waals surface area contributed by atoms with Gasteiger partial charge < -0.3 is 5.73 Å². The number of benzene rings is 1. The van der Waals surface area contributed by atoms with Gasteiger partial charge in [0.25, 0.3) is 6.43 Å². The normalized spacial score (nSPS) is 11.4. The summed E-state index contributed by atoms with van der Waals surface area (Å²) in [6.07, 6.45) is -1.32. The van der Waals surface area contributed by atoms with Crippen molar-refractivity contribution in [3.8, 4) is 0 Å². The summed E-state index contributed by atoms with van der Waals surface area (Å²) in [7, 11) is 0. The average Bonchev–Trinajstić information content (AvgIpc) is 2.29. The predicted molar refractivity (Wildman–Crippen MR) is 66.2 cm³/mol. The Kier molecular flexibility index (Phi) is 6.08. The minimum Gasteiger partial charge on any atom is -0.329 e. The summed E-state index contributed by atoms with van der Waals surface area (Å²) < 4.78 is 24.7. The monoisotopic (exact) mass is 242 g/mol. The lowest BCUT2D eigenvalue weighted by Gasteiger charge is -2.21. The van der Waals surface area contributed by atoms with Gasteiger partial charge in [0.05, 0.1) is 6.54 Å². The van der Waals surface area contributed by atoms with Gasteiger partial charge in [-0.1, -0.05) is 31.2 Å². The predicted octanol–water partition coefficient (Wildman–Crippen LogP) is 2.27. The highest BCUT2D eigenvalue weighted by Gasteiger charge is 2.11. The van der Waals surface area contributed by atoms with E-state index in [1.165, 1.54) is 5.56 Å². The molecule has 0 fully saturated rings. The molecule has 2 N–H and O–H groups in total. The second-order valence-electron chi connectivity index (χ2n) is 4.08. The van der Waals surface area contributed by atoms with Gasteiger partial charge in [-0.05, 0) is 17.5 Å². The van der Waals surface area contributed by atoms with Crippen molar-refractivity contribution in [3.63, 3.8) is 0 Å². The molecule has 0 atom stereocenters. The first-order valence-electron chi connectivity index (χ1n) is 5.94. The number of hydrogen-bond donors (Lipinski definition) is 1. The van der Waals surface area contributed by atoms with Gasteiger partial charge in [0, 0.05) is 19.6 Å². The molecule has 0 spiro atoms. The van der Waals surface area contributed by atoms with Crippen molar-refractivity contribution in [1.29, 1.82) is 0 Å². The highest BCUT2D eigenvalue weighted by Crippen LogP contribution is 2.09. The molecule has 0 aliphatic heterocycles. The lowest BCUT2D eigenvalue weighted by Crippen LogP contribution is -2.33. The Morgan fingerprint density at radius 3 is 2.24 bits per heavy atom. The third kappa shape index (κ3) is 5.24. The fourth-order valence-electron chi connectivity index (χ4n) is 1.75. The maximum absolute atomic E-state index is 12.3. The Hall–Kier alpha value is -1.00. The molecule has 96 valence electrons. The van der Waals surface area contributed by atoms with Crippen molar-refractivity contribution in [2.45, 2.75) is 26.3 Å². The van der Waals surface area contributed by atoms with Crippen molar-refractivity contribution in [2.24, 2.45) is 5.73 Å². The van der Waals surface area contributed by atoms with Gasteiger partial charge in [0.2, 0.25) is 0 Å². The average molecular weight is 242 g/mol. The van der Waals surface area contributed by atoms with Crippen LogP contribution in [0, 0.1) is 0 Å². The van der Waals surface area contributed by atoms with Gasteiger partial charge in [0.15, 0.2) is 0 Å². The highest BCUT2D eigenvalue weighted by atomic mass is 19.3. The number of alkyl halides is 2. The van der Waals surface area contributed by atoms with Crippen molar-refractivity contribution >= 4 is 0 Å². The van der Waals surface area contributed by atoms with E-state index in [1.54, 1.807) is 4.90 Å².